The lowest BCUT2D eigenvalue weighted by molar-refractivity contribution is -0.117. The molecule has 2 aromatic carbocycles. The molecule has 1 aliphatic rings. The van der Waals surface area contributed by atoms with Crippen LogP contribution in [0.25, 0.3) is 0 Å². The van der Waals surface area contributed by atoms with Gasteiger partial charge < -0.3 is 0 Å². The zero-order valence-corrected chi connectivity index (χ0v) is 13.7. The molecule has 1 atom stereocenters. The number of hydrogen-bond donors (Lipinski definition) is 0. The molecule has 0 spiro atoms. The van der Waals surface area contributed by atoms with Crippen LogP contribution in [0, 0.1) is 0 Å². The minimum Gasteiger partial charge on any atom is -0.269 e. The van der Waals surface area contributed by atoms with Crippen molar-refractivity contribution in [2.45, 2.75) is 13.0 Å². The number of azo groups is 1. The van der Waals surface area contributed by atoms with Crippen LogP contribution in [0.3, 0.4) is 0 Å². The van der Waals surface area contributed by atoms with Gasteiger partial charge in [0.15, 0.2) is 6.04 Å². The molecule has 116 valence electrons. The third-order valence-electron chi connectivity index (χ3n) is 3.29. The predicted octanol–water partition coefficient (Wildman–Crippen LogP) is 4.87. The van der Waals surface area contributed by atoms with E-state index < -0.39 is 6.04 Å². The second-order valence-corrected chi connectivity index (χ2v) is 5.78. The van der Waals surface area contributed by atoms with Crippen molar-refractivity contribution in [3.63, 3.8) is 0 Å². The van der Waals surface area contributed by atoms with Crippen molar-refractivity contribution >= 4 is 46.2 Å². The Bertz CT molecular complexity index is 805. The fourth-order valence-electron chi connectivity index (χ4n) is 2.13. The van der Waals surface area contributed by atoms with Crippen molar-refractivity contribution in [1.29, 1.82) is 0 Å². The number of carbonyl (C=O) groups is 1. The second kappa shape index (κ2) is 6.48. The molecule has 1 amide bonds. The summed E-state index contributed by atoms with van der Waals surface area (Å²) in [5.74, 6) is -0.254. The number of para-hydroxylation sites is 1. The van der Waals surface area contributed by atoms with Crippen molar-refractivity contribution in [2.24, 2.45) is 15.3 Å². The van der Waals surface area contributed by atoms with Crippen LogP contribution in [0.5, 0.6) is 0 Å². The van der Waals surface area contributed by atoms with Crippen molar-refractivity contribution in [3.05, 3.63) is 58.6 Å². The van der Waals surface area contributed by atoms with Crippen LogP contribution < -0.4 is 5.01 Å². The highest BCUT2D eigenvalue weighted by Gasteiger charge is 2.34. The van der Waals surface area contributed by atoms with Gasteiger partial charge in [0.1, 0.15) is 5.69 Å². The largest absolute Gasteiger partial charge is 0.280 e. The standard InChI is InChI=1S/C16H12Cl2N4O/c1-10-15(20-19-14-9-11(17)7-8-13(14)18)16(23)22(21-10)12-5-3-2-4-6-12/h2-9,15H,1H3. The molecular formula is C16H12Cl2N4O. The summed E-state index contributed by atoms with van der Waals surface area (Å²) >= 11 is 12.0. The minimum atomic E-state index is -0.759. The van der Waals surface area contributed by atoms with Crippen LogP contribution in [-0.2, 0) is 4.79 Å². The van der Waals surface area contributed by atoms with Crippen molar-refractivity contribution in [2.75, 3.05) is 5.01 Å². The molecule has 1 aliphatic heterocycles. The molecule has 0 saturated heterocycles. The molecule has 1 heterocycles. The SMILES string of the molecule is CC1=NN(c2ccccc2)C(=O)C1N=Nc1cc(Cl)ccc1Cl. The summed E-state index contributed by atoms with van der Waals surface area (Å²) in [5.41, 5.74) is 1.68. The molecule has 0 saturated carbocycles. The van der Waals surface area contributed by atoms with Crippen LogP contribution in [0.2, 0.25) is 10.0 Å². The summed E-state index contributed by atoms with van der Waals surface area (Å²) in [4.78, 5) is 12.5. The summed E-state index contributed by atoms with van der Waals surface area (Å²) in [5, 5.41) is 14.7. The molecule has 0 aromatic heterocycles. The van der Waals surface area contributed by atoms with Crippen LogP contribution in [0.1, 0.15) is 6.92 Å². The van der Waals surface area contributed by atoms with E-state index in [0.29, 0.717) is 27.1 Å². The number of hydrazone groups is 1. The number of nitrogens with zero attached hydrogens (tertiary/aromatic N) is 4. The quantitative estimate of drug-likeness (QED) is 0.731. The highest BCUT2D eigenvalue weighted by molar-refractivity contribution is 6.35. The van der Waals surface area contributed by atoms with Gasteiger partial charge >= 0.3 is 0 Å². The van der Waals surface area contributed by atoms with E-state index in [4.69, 9.17) is 23.2 Å². The van der Waals surface area contributed by atoms with E-state index in [-0.39, 0.29) is 5.91 Å². The highest BCUT2D eigenvalue weighted by atomic mass is 35.5. The predicted molar refractivity (Wildman–Crippen MR) is 91.8 cm³/mol. The van der Waals surface area contributed by atoms with Gasteiger partial charge in [-0.25, -0.2) is 0 Å². The third-order valence-corrected chi connectivity index (χ3v) is 3.84. The van der Waals surface area contributed by atoms with Gasteiger partial charge in [-0.1, -0.05) is 41.4 Å². The molecule has 1 unspecified atom stereocenters. The Morgan fingerprint density at radius 2 is 1.87 bits per heavy atom. The summed E-state index contributed by atoms with van der Waals surface area (Å²) in [7, 11) is 0. The summed E-state index contributed by atoms with van der Waals surface area (Å²) < 4.78 is 0. The molecule has 3 rings (SSSR count). The van der Waals surface area contributed by atoms with Crippen molar-refractivity contribution in [1.82, 2.24) is 0 Å². The van der Waals surface area contributed by atoms with Gasteiger partial charge in [0, 0.05) is 5.02 Å². The first-order valence-electron chi connectivity index (χ1n) is 6.86. The number of anilines is 1. The van der Waals surface area contributed by atoms with Gasteiger partial charge in [-0.3, -0.25) is 4.79 Å². The van der Waals surface area contributed by atoms with E-state index in [1.807, 2.05) is 30.3 Å². The summed E-state index contributed by atoms with van der Waals surface area (Å²) in [6, 6.07) is 13.3. The Morgan fingerprint density at radius 3 is 2.61 bits per heavy atom. The second-order valence-electron chi connectivity index (χ2n) is 4.94. The summed E-state index contributed by atoms with van der Waals surface area (Å²) in [6.07, 6.45) is 0. The zero-order valence-electron chi connectivity index (χ0n) is 12.1. The van der Waals surface area contributed by atoms with Crippen molar-refractivity contribution in [3.8, 4) is 0 Å². The number of hydrogen-bond acceptors (Lipinski definition) is 4. The Kier molecular flexibility index (Phi) is 4.41. The molecule has 23 heavy (non-hydrogen) atoms. The van der Waals surface area contributed by atoms with Gasteiger partial charge in [0.2, 0.25) is 0 Å². The van der Waals surface area contributed by atoms with Gasteiger partial charge in [0.05, 0.1) is 16.4 Å². The lowest BCUT2D eigenvalue weighted by Crippen LogP contribution is -2.29. The molecule has 0 radical (unpaired) electrons. The maximum atomic E-state index is 12.5. The average Bonchev–Trinajstić information content (AvgIpc) is 2.84. The maximum Gasteiger partial charge on any atom is 0.280 e. The fraction of sp³-hybridized carbons (Fsp3) is 0.125. The topological polar surface area (TPSA) is 57.4 Å². The number of benzene rings is 2. The molecule has 2 aromatic rings. The average molecular weight is 347 g/mol. The monoisotopic (exact) mass is 346 g/mol. The molecule has 0 N–H and O–H groups in total. The lowest BCUT2D eigenvalue weighted by Gasteiger charge is -2.11. The Hall–Kier alpha value is -2.24. The Morgan fingerprint density at radius 1 is 1.13 bits per heavy atom. The minimum absolute atomic E-state index is 0.254. The number of halogens is 2. The molecule has 0 fully saturated rings. The van der Waals surface area contributed by atoms with Crippen LogP contribution in [0.4, 0.5) is 11.4 Å². The van der Waals surface area contributed by atoms with Crippen LogP contribution in [-0.4, -0.2) is 17.7 Å². The molecular weight excluding hydrogens is 335 g/mol. The first kappa shape index (κ1) is 15.6. The molecule has 5 nitrogen and oxygen atoms in total. The van der Waals surface area contributed by atoms with Gasteiger partial charge in [0.25, 0.3) is 5.91 Å². The fourth-order valence-corrected chi connectivity index (χ4v) is 2.45. The van der Waals surface area contributed by atoms with Crippen LogP contribution >= 0.6 is 23.2 Å². The van der Waals surface area contributed by atoms with Gasteiger partial charge in [-0.05, 0) is 37.3 Å². The van der Waals surface area contributed by atoms with Gasteiger partial charge in [-0.2, -0.15) is 20.3 Å². The number of carbonyl (C=O) groups excluding carboxylic acids is 1. The van der Waals surface area contributed by atoms with E-state index in [0.717, 1.165) is 0 Å². The first-order valence-corrected chi connectivity index (χ1v) is 7.62. The number of rotatable bonds is 3. The first-order chi connectivity index (χ1) is 11.1. The van der Waals surface area contributed by atoms with Crippen LogP contribution in [0.15, 0.2) is 63.9 Å². The van der Waals surface area contributed by atoms with Crippen molar-refractivity contribution < 1.29 is 4.79 Å². The van der Waals surface area contributed by atoms with E-state index in [1.54, 1.807) is 25.1 Å². The van der Waals surface area contributed by atoms with E-state index in [9.17, 15) is 4.79 Å². The van der Waals surface area contributed by atoms with E-state index >= 15 is 0 Å². The Balaban J connectivity index is 1.85. The molecule has 0 bridgehead atoms. The normalized spacial score (nSPS) is 17.9. The third kappa shape index (κ3) is 3.25. The summed E-state index contributed by atoms with van der Waals surface area (Å²) in [6.45, 7) is 1.74. The van der Waals surface area contributed by atoms with Gasteiger partial charge in [-0.15, -0.1) is 0 Å². The number of amides is 1. The lowest BCUT2D eigenvalue weighted by atomic mass is 10.2. The Labute approximate surface area is 143 Å². The molecule has 7 heteroatoms. The van der Waals surface area contributed by atoms with E-state index in [2.05, 4.69) is 15.3 Å². The smallest absolute Gasteiger partial charge is 0.269 e. The highest BCUT2D eigenvalue weighted by Crippen LogP contribution is 2.29. The zero-order chi connectivity index (χ0) is 16.4. The van der Waals surface area contributed by atoms with E-state index in [1.165, 1.54) is 5.01 Å². The maximum absolute atomic E-state index is 12.5. The molecule has 0 aliphatic carbocycles.